The molecule has 0 fully saturated rings. The zero-order valence-electron chi connectivity index (χ0n) is 6.85. The maximum absolute atomic E-state index is 10.6. The highest BCUT2D eigenvalue weighted by molar-refractivity contribution is 9.09. The average Bonchev–Trinajstić information content (AvgIpc) is 2.47. The van der Waals surface area contributed by atoms with Crippen LogP contribution in [0.1, 0.15) is 6.92 Å². The van der Waals surface area contributed by atoms with Crippen LogP contribution in [0, 0.1) is 0 Å². The fourth-order valence-corrected chi connectivity index (χ4v) is 1.38. The molecule has 1 unspecified atom stereocenters. The van der Waals surface area contributed by atoms with Gasteiger partial charge in [0.2, 0.25) is 0 Å². The molecule has 0 aromatic rings. The number of alkyl halides is 1. The third kappa shape index (κ3) is 1.74. The highest BCUT2D eigenvalue weighted by Gasteiger charge is 2.26. The van der Waals surface area contributed by atoms with E-state index in [1.54, 1.807) is 10.0 Å². The molecule has 6 heteroatoms. The number of nitrogens with zero attached hydrogens (tertiary/aromatic N) is 4. The molecule has 0 aliphatic carbocycles. The van der Waals surface area contributed by atoms with E-state index >= 15 is 0 Å². The second kappa shape index (κ2) is 4.39. The Labute approximate surface area is 79.5 Å². The Morgan fingerprint density at radius 3 is 2.67 bits per heavy atom. The highest BCUT2D eigenvalue weighted by Crippen LogP contribution is 2.13. The number of halogens is 1. The molecule has 0 aromatic carbocycles. The number of rotatable bonds is 4. The van der Waals surface area contributed by atoms with Gasteiger partial charge in [-0.2, -0.15) is 0 Å². The maximum Gasteiger partial charge on any atom is 0.193 e. The lowest BCUT2D eigenvalue weighted by molar-refractivity contribution is -0.116. The minimum Gasteiger partial charge on any atom is -0.299 e. The van der Waals surface area contributed by atoms with Gasteiger partial charge in [-0.15, -0.1) is 0 Å². The van der Waals surface area contributed by atoms with Crippen LogP contribution in [-0.2, 0) is 4.79 Å². The largest absolute Gasteiger partial charge is 0.299 e. The number of aldehydes is 1. The quantitative estimate of drug-likeness (QED) is 0.535. The molecule has 0 saturated carbocycles. The van der Waals surface area contributed by atoms with E-state index in [-0.39, 0.29) is 6.17 Å². The Morgan fingerprint density at radius 1 is 1.50 bits per heavy atom. The fraction of sp³-hybridized carbons (Fsp3) is 0.833. The summed E-state index contributed by atoms with van der Waals surface area (Å²) < 4.78 is 0. The summed E-state index contributed by atoms with van der Waals surface area (Å²) >= 11 is 3.28. The fourth-order valence-electron chi connectivity index (χ4n) is 1.02. The van der Waals surface area contributed by atoms with Crippen molar-refractivity contribution in [1.29, 1.82) is 0 Å². The molecule has 12 heavy (non-hydrogen) atoms. The van der Waals surface area contributed by atoms with Gasteiger partial charge in [0.1, 0.15) is 0 Å². The summed E-state index contributed by atoms with van der Waals surface area (Å²) in [5.41, 5.74) is 0. The van der Waals surface area contributed by atoms with Crippen molar-refractivity contribution in [2.75, 3.05) is 18.4 Å². The van der Waals surface area contributed by atoms with Crippen molar-refractivity contribution in [1.82, 2.24) is 10.0 Å². The molecular weight excluding hydrogens is 224 g/mol. The molecule has 0 radical (unpaired) electrons. The van der Waals surface area contributed by atoms with Gasteiger partial charge in [-0.05, 0) is 6.92 Å². The van der Waals surface area contributed by atoms with Crippen molar-refractivity contribution in [2.24, 2.45) is 10.4 Å². The van der Waals surface area contributed by atoms with Crippen LogP contribution in [0.5, 0.6) is 0 Å². The number of carbonyl (C=O) groups excluding carboxylic acids is 1. The summed E-state index contributed by atoms with van der Waals surface area (Å²) in [6.45, 7) is 3.34. The Bertz CT molecular complexity index is 186. The Kier molecular flexibility index (Phi) is 3.46. The summed E-state index contributed by atoms with van der Waals surface area (Å²) in [5, 5.41) is 11.8. The molecule has 1 heterocycles. The van der Waals surface area contributed by atoms with Crippen LogP contribution in [0.25, 0.3) is 0 Å². The summed E-state index contributed by atoms with van der Waals surface area (Å²) in [4.78, 5) is 10.6. The van der Waals surface area contributed by atoms with Crippen LogP contribution in [0.3, 0.4) is 0 Å². The molecule has 0 N–H and O–H groups in total. The normalized spacial score (nSPS) is 22.0. The number of carbonyl (C=O) groups is 1. The molecule has 0 saturated heterocycles. The van der Waals surface area contributed by atoms with Gasteiger partial charge < -0.3 is 0 Å². The van der Waals surface area contributed by atoms with E-state index in [1.165, 1.54) is 0 Å². The molecule has 1 aliphatic rings. The maximum atomic E-state index is 10.6. The van der Waals surface area contributed by atoms with Crippen molar-refractivity contribution < 1.29 is 4.79 Å². The first-order valence-corrected chi connectivity index (χ1v) is 4.91. The van der Waals surface area contributed by atoms with Gasteiger partial charge in [-0.25, -0.2) is 10.0 Å². The van der Waals surface area contributed by atoms with E-state index in [4.69, 9.17) is 0 Å². The van der Waals surface area contributed by atoms with E-state index < -0.39 is 0 Å². The second-order valence-electron chi connectivity index (χ2n) is 2.34. The molecule has 1 aliphatic heterocycles. The molecule has 68 valence electrons. The molecule has 0 aromatic heterocycles. The predicted octanol–water partition coefficient (Wildman–Crippen LogP) is 0.826. The topological polar surface area (TPSA) is 48.3 Å². The lowest BCUT2D eigenvalue weighted by Gasteiger charge is -2.21. The van der Waals surface area contributed by atoms with Crippen molar-refractivity contribution in [2.45, 2.75) is 13.1 Å². The van der Waals surface area contributed by atoms with Gasteiger partial charge in [0.25, 0.3) is 0 Å². The third-order valence-electron chi connectivity index (χ3n) is 1.64. The van der Waals surface area contributed by atoms with Crippen LogP contribution >= 0.6 is 15.9 Å². The van der Waals surface area contributed by atoms with E-state index in [0.29, 0.717) is 13.1 Å². The lowest BCUT2D eigenvalue weighted by atomic mass is 10.4. The van der Waals surface area contributed by atoms with Gasteiger partial charge in [0, 0.05) is 11.9 Å². The molecule has 0 amide bonds. The van der Waals surface area contributed by atoms with E-state index in [2.05, 4.69) is 26.4 Å². The van der Waals surface area contributed by atoms with Crippen molar-refractivity contribution in [3.63, 3.8) is 0 Å². The highest BCUT2D eigenvalue weighted by atomic mass is 79.9. The molecule has 1 rings (SSSR count). The molecule has 1 atom stereocenters. The third-order valence-corrected chi connectivity index (χ3v) is 1.99. The summed E-state index contributed by atoms with van der Waals surface area (Å²) in [7, 11) is 0. The molecule has 0 bridgehead atoms. The smallest absolute Gasteiger partial charge is 0.193 e. The van der Waals surface area contributed by atoms with Crippen LogP contribution < -0.4 is 0 Å². The van der Waals surface area contributed by atoms with Crippen molar-refractivity contribution >= 4 is 22.2 Å². The monoisotopic (exact) mass is 234 g/mol. The van der Waals surface area contributed by atoms with E-state index in [9.17, 15) is 4.79 Å². The van der Waals surface area contributed by atoms with Crippen LogP contribution in [0.2, 0.25) is 0 Å². The number of likely N-dealkylation sites (N-methyl/N-ethyl adjacent to an activating group) is 1. The minimum atomic E-state index is -0.312. The van der Waals surface area contributed by atoms with Crippen LogP contribution in [-0.4, -0.2) is 40.9 Å². The molecule has 0 spiro atoms. The second-order valence-corrected chi connectivity index (χ2v) is 3.13. The molecule has 5 nitrogen and oxygen atoms in total. The molecular formula is C6H11BrN4O. The zero-order valence-corrected chi connectivity index (χ0v) is 8.44. The lowest BCUT2D eigenvalue weighted by Crippen LogP contribution is -2.40. The first-order chi connectivity index (χ1) is 5.83. The Morgan fingerprint density at radius 2 is 2.17 bits per heavy atom. The minimum absolute atomic E-state index is 0.312. The SMILES string of the molecule is CCN1N=NN(CCBr)C1C=O. The summed E-state index contributed by atoms with van der Waals surface area (Å²) in [5.74, 6) is 0. The zero-order chi connectivity index (χ0) is 8.97. The van der Waals surface area contributed by atoms with Gasteiger partial charge in [-0.1, -0.05) is 26.4 Å². The standard InChI is InChI=1S/C6H11BrN4O/c1-2-10-6(5-12)11(4-3-7)9-8-10/h5-6H,2-4H2,1H3. The van der Waals surface area contributed by atoms with Gasteiger partial charge >= 0.3 is 0 Å². The van der Waals surface area contributed by atoms with Crippen molar-refractivity contribution in [3.05, 3.63) is 0 Å². The van der Waals surface area contributed by atoms with Gasteiger partial charge in [0.05, 0.1) is 6.54 Å². The van der Waals surface area contributed by atoms with Crippen LogP contribution in [0.4, 0.5) is 0 Å². The van der Waals surface area contributed by atoms with E-state index in [0.717, 1.165) is 11.6 Å². The number of hydrogen-bond donors (Lipinski definition) is 0. The average molecular weight is 235 g/mol. The Balaban J connectivity index is 2.55. The summed E-state index contributed by atoms with van der Waals surface area (Å²) in [6.07, 6.45) is 0.541. The van der Waals surface area contributed by atoms with Crippen LogP contribution in [0.15, 0.2) is 10.4 Å². The number of hydrogen-bond acceptors (Lipinski definition) is 5. The Hall–Kier alpha value is -0.650. The summed E-state index contributed by atoms with van der Waals surface area (Å²) in [6, 6.07) is 0. The predicted molar refractivity (Wildman–Crippen MR) is 47.6 cm³/mol. The van der Waals surface area contributed by atoms with Crippen molar-refractivity contribution in [3.8, 4) is 0 Å². The van der Waals surface area contributed by atoms with E-state index in [1.807, 2.05) is 6.92 Å². The first-order valence-electron chi connectivity index (χ1n) is 3.79. The van der Waals surface area contributed by atoms with Gasteiger partial charge in [0.15, 0.2) is 12.5 Å². The van der Waals surface area contributed by atoms with Gasteiger partial charge in [-0.3, -0.25) is 4.79 Å². The first kappa shape index (κ1) is 9.44.